The molecule has 0 radical (unpaired) electrons. The zero-order valence-electron chi connectivity index (χ0n) is 11.3. The summed E-state index contributed by atoms with van der Waals surface area (Å²) in [6, 6.07) is 2.02. The topological polar surface area (TPSA) is 92.3 Å². The second-order valence-corrected chi connectivity index (χ2v) is 4.05. The molecule has 4 N–H and O–H groups in total. The number of aliphatic hydroxyl groups excluding tert-OH is 1. The first-order valence-corrected chi connectivity index (χ1v) is 5.83. The molecular weight excluding hydrogens is 286 g/mol. The number of halogens is 2. The maximum Gasteiger partial charge on any atom is 0.238 e. The summed E-state index contributed by atoms with van der Waals surface area (Å²) >= 11 is 0. The van der Waals surface area contributed by atoms with Crippen molar-refractivity contribution in [2.45, 2.75) is 6.23 Å². The Morgan fingerprint density at radius 3 is 2.67 bits per heavy atom. The van der Waals surface area contributed by atoms with Gasteiger partial charge in [0.2, 0.25) is 11.8 Å². The summed E-state index contributed by atoms with van der Waals surface area (Å²) in [6.45, 7) is 0. The zero-order valence-corrected chi connectivity index (χ0v) is 11.3. The number of hydrogen-bond donors (Lipinski definition) is 3. The molecule has 0 aliphatic carbocycles. The lowest BCUT2D eigenvalue weighted by atomic mass is 10.1. The third kappa shape index (κ3) is 2.82. The van der Waals surface area contributed by atoms with Crippen LogP contribution in [0.2, 0.25) is 0 Å². The molecule has 1 aliphatic heterocycles. The van der Waals surface area contributed by atoms with E-state index in [1.807, 2.05) is 0 Å². The second kappa shape index (κ2) is 5.83. The second-order valence-electron chi connectivity index (χ2n) is 4.05. The van der Waals surface area contributed by atoms with Gasteiger partial charge in [0.05, 0.1) is 26.0 Å². The molecule has 1 heterocycles. The number of anilines is 1. The number of hydrazine groups is 1. The van der Waals surface area contributed by atoms with Gasteiger partial charge in [0, 0.05) is 5.56 Å². The number of benzene rings is 1. The van der Waals surface area contributed by atoms with E-state index in [0.717, 1.165) is 17.3 Å². The summed E-state index contributed by atoms with van der Waals surface area (Å²) in [5.41, 5.74) is 7.52. The number of nitrogens with one attached hydrogen (secondary N) is 1. The van der Waals surface area contributed by atoms with Crippen molar-refractivity contribution in [3.63, 3.8) is 0 Å². The molecule has 7 nitrogen and oxygen atoms in total. The summed E-state index contributed by atoms with van der Waals surface area (Å²) < 4.78 is 36.4. The fourth-order valence-corrected chi connectivity index (χ4v) is 1.68. The van der Waals surface area contributed by atoms with Crippen LogP contribution < -0.4 is 11.2 Å². The lowest BCUT2D eigenvalue weighted by molar-refractivity contribution is -0.0418. The number of methoxy groups -OCH3 is 2. The summed E-state index contributed by atoms with van der Waals surface area (Å²) in [7, 11) is 2.78. The Labute approximate surface area is 119 Å². The average Bonchev–Trinajstić information content (AvgIpc) is 2.51. The maximum absolute atomic E-state index is 13.5. The van der Waals surface area contributed by atoms with Crippen LogP contribution in [-0.2, 0) is 9.47 Å². The highest BCUT2D eigenvalue weighted by molar-refractivity contribution is 5.88. The van der Waals surface area contributed by atoms with E-state index in [9.17, 15) is 13.9 Å². The first kappa shape index (κ1) is 14.9. The van der Waals surface area contributed by atoms with Gasteiger partial charge in [-0.05, 0) is 12.1 Å². The minimum Gasteiger partial charge on any atom is -0.481 e. The molecule has 1 aromatic rings. The van der Waals surface area contributed by atoms with Crippen LogP contribution in [0.15, 0.2) is 29.2 Å². The van der Waals surface area contributed by atoms with E-state index in [1.54, 1.807) is 0 Å². The average molecular weight is 300 g/mol. The zero-order chi connectivity index (χ0) is 15.6. The summed E-state index contributed by atoms with van der Waals surface area (Å²) in [5, 5.41) is 15.1. The molecule has 0 fully saturated rings. The molecule has 1 atom stereocenters. The van der Waals surface area contributed by atoms with Gasteiger partial charge in [0.25, 0.3) is 0 Å². The van der Waals surface area contributed by atoms with Crippen molar-refractivity contribution >= 4 is 11.6 Å². The molecule has 114 valence electrons. The molecule has 0 aromatic heterocycles. The molecule has 2 rings (SSSR count). The Bertz CT molecular complexity index is 606. The van der Waals surface area contributed by atoms with Gasteiger partial charge in [0.1, 0.15) is 0 Å². The van der Waals surface area contributed by atoms with Gasteiger partial charge < -0.3 is 20.3 Å². The highest BCUT2D eigenvalue weighted by atomic mass is 19.2. The molecule has 0 spiro atoms. The van der Waals surface area contributed by atoms with E-state index in [-0.39, 0.29) is 17.3 Å². The molecule has 1 unspecified atom stereocenters. The normalized spacial score (nSPS) is 15.8. The van der Waals surface area contributed by atoms with Crippen LogP contribution >= 0.6 is 0 Å². The molecule has 9 heteroatoms. The highest BCUT2D eigenvalue weighted by Gasteiger charge is 2.25. The van der Waals surface area contributed by atoms with Crippen molar-refractivity contribution < 1.29 is 23.4 Å². The highest BCUT2D eigenvalue weighted by Crippen LogP contribution is 2.27. The van der Waals surface area contributed by atoms with Gasteiger partial charge >= 0.3 is 0 Å². The quantitative estimate of drug-likeness (QED) is 0.715. The number of ether oxygens (including phenoxy) is 2. The lowest BCUT2D eigenvalue weighted by Gasteiger charge is -2.30. The molecule has 1 aliphatic rings. The SMILES string of the molecule is COC1=CC(OC)=NN(C(O)c2ccc(F)c(F)c2N)N1. The van der Waals surface area contributed by atoms with Gasteiger partial charge in [-0.1, -0.05) is 0 Å². The van der Waals surface area contributed by atoms with Gasteiger partial charge in [-0.15, -0.1) is 5.10 Å². The van der Waals surface area contributed by atoms with Gasteiger partial charge in [-0.25, -0.2) is 14.2 Å². The molecule has 0 bridgehead atoms. The van der Waals surface area contributed by atoms with Gasteiger partial charge in [0.15, 0.2) is 17.9 Å². The van der Waals surface area contributed by atoms with E-state index in [2.05, 4.69) is 10.5 Å². The van der Waals surface area contributed by atoms with Crippen molar-refractivity contribution in [2.75, 3.05) is 20.0 Å². The molecule has 21 heavy (non-hydrogen) atoms. The Kier molecular flexibility index (Phi) is 4.13. The minimum absolute atomic E-state index is 0.0574. The van der Waals surface area contributed by atoms with Crippen molar-refractivity contribution in [3.8, 4) is 0 Å². The number of nitrogen functional groups attached to an aromatic ring is 1. The number of nitrogens with zero attached hydrogens (tertiary/aromatic N) is 2. The third-order valence-corrected chi connectivity index (χ3v) is 2.79. The van der Waals surface area contributed by atoms with Crippen LogP contribution in [0.1, 0.15) is 11.8 Å². The predicted octanol–water partition coefficient (Wildman–Crippen LogP) is 0.806. The lowest BCUT2D eigenvalue weighted by Crippen LogP contribution is -2.40. The summed E-state index contributed by atoms with van der Waals surface area (Å²) in [6.07, 6.45) is -0.0400. The Morgan fingerprint density at radius 2 is 2.05 bits per heavy atom. The maximum atomic E-state index is 13.5. The van der Waals surface area contributed by atoms with Crippen LogP contribution in [-0.4, -0.2) is 30.3 Å². The fourth-order valence-electron chi connectivity index (χ4n) is 1.68. The molecule has 0 saturated heterocycles. The molecule has 0 amide bonds. The van der Waals surface area contributed by atoms with E-state index in [0.29, 0.717) is 0 Å². The number of rotatable bonds is 3. The number of hydrazone groups is 1. The van der Waals surface area contributed by atoms with Crippen molar-refractivity contribution in [1.82, 2.24) is 10.5 Å². The number of aliphatic hydroxyl groups is 1. The van der Waals surface area contributed by atoms with E-state index < -0.39 is 23.5 Å². The first-order valence-electron chi connectivity index (χ1n) is 5.83. The van der Waals surface area contributed by atoms with Crippen molar-refractivity contribution in [2.24, 2.45) is 5.10 Å². The molecule has 0 saturated carbocycles. The van der Waals surface area contributed by atoms with Crippen LogP contribution in [0.25, 0.3) is 0 Å². The smallest absolute Gasteiger partial charge is 0.238 e. The van der Waals surface area contributed by atoms with Gasteiger partial charge in [-0.2, -0.15) is 5.12 Å². The summed E-state index contributed by atoms with van der Waals surface area (Å²) in [4.78, 5) is 0. The Morgan fingerprint density at radius 1 is 1.33 bits per heavy atom. The van der Waals surface area contributed by atoms with E-state index >= 15 is 0 Å². The number of hydrogen-bond acceptors (Lipinski definition) is 7. The molecule has 1 aromatic carbocycles. The van der Waals surface area contributed by atoms with Crippen molar-refractivity contribution in [1.29, 1.82) is 0 Å². The van der Waals surface area contributed by atoms with Crippen LogP contribution in [0, 0.1) is 11.6 Å². The van der Waals surface area contributed by atoms with E-state index in [1.165, 1.54) is 20.3 Å². The first-order chi connectivity index (χ1) is 9.97. The Balaban J connectivity index is 2.33. The van der Waals surface area contributed by atoms with Crippen molar-refractivity contribution in [3.05, 3.63) is 41.3 Å². The monoisotopic (exact) mass is 300 g/mol. The van der Waals surface area contributed by atoms with Crippen LogP contribution in [0.5, 0.6) is 0 Å². The minimum atomic E-state index is -1.48. The predicted molar refractivity (Wildman–Crippen MR) is 70.2 cm³/mol. The largest absolute Gasteiger partial charge is 0.481 e. The summed E-state index contributed by atoms with van der Waals surface area (Å²) in [5.74, 6) is -1.96. The number of nitrogens with two attached hydrogens (primary N) is 1. The van der Waals surface area contributed by atoms with Gasteiger partial charge in [-0.3, -0.25) is 0 Å². The van der Waals surface area contributed by atoms with Crippen LogP contribution in [0.4, 0.5) is 14.5 Å². The van der Waals surface area contributed by atoms with E-state index in [4.69, 9.17) is 15.2 Å². The molecular formula is C12H14F2N4O3. The third-order valence-electron chi connectivity index (χ3n) is 2.79. The Hall–Kier alpha value is -2.55. The standard InChI is InChI=1S/C12H14F2N4O3/c1-20-8-5-9(21-2)17-18(16-8)12(19)6-3-4-7(13)10(14)11(6)15/h3-5,12,16,19H,15H2,1-2H3. The fraction of sp³-hybridized carbons (Fsp3) is 0.250. The van der Waals surface area contributed by atoms with Crippen LogP contribution in [0.3, 0.4) is 0 Å².